The van der Waals surface area contributed by atoms with Gasteiger partial charge in [0.15, 0.2) is 0 Å². The maximum Gasteiger partial charge on any atom is 0.262 e. The minimum Gasteiger partial charge on any atom is -0.495 e. The van der Waals surface area contributed by atoms with Crippen molar-refractivity contribution in [1.82, 2.24) is 4.90 Å². The van der Waals surface area contributed by atoms with E-state index in [0.29, 0.717) is 23.5 Å². The fourth-order valence-electron chi connectivity index (χ4n) is 3.06. The third-order valence-corrected chi connectivity index (χ3v) is 6.12. The van der Waals surface area contributed by atoms with Gasteiger partial charge in [0.2, 0.25) is 0 Å². The summed E-state index contributed by atoms with van der Waals surface area (Å²) in [7, 11) is -0.728. The van der Waals surface area contributed by atoms with Crippen LogP contribution in [-0.4, -0.2) is 33.4 Å². The molecule has 0 saturated heterocycles. The lowest BCUT2D eigenvalue weighted by atomic mass is 10.1. The van der Waals surface area contributed by atoms with Crippen molar-refractivity contribution in [3.05, 3.63) is 89.5 Å². The summed E-state index contributed by atoms with van der Waals surface area (Å²) in [5.41, 5.74) is 2.76. The van der Waals surface area contributed by atoms with Gasteiger partial charge in [0.05, 0.1) is 17.7 Å². The average molecular weight is 425 g/mol. The van der Waals surface area contributed by atoms with Crippen LogP contribution in [0.1, 0.15) is 21.5 Å². The number of anilines is 1. The quantitative estimate of drug-likeness (QED) is 0.620. The number of sulfonamides is 1. The summed E-state index contributed by atoms with van der Waals surface area (Å²) in [6, 6.07) is 20.6. The second-order valence-electron chi connectivity index (χ2n) is 6.92. The van der Waals surface area contributed by atoms with Crippen LogP contribution in [0.25, 0.3) is 0 Å². The molecule has 0 spiro atoms. The Balaban J connectivity index is 1.82. The zero-order valence-electron chi connectivity index (χ0n) is 17.1. The number of carbonyl (C=O) groups excluding carboxylic acids is 1. The van der Waals surface area contributed by atoms with E-state index in [0.717, 1.165) is 11.1 Å². The van der Waals surface area contributed by atoms with Crippen molar-refractivity contribution >= 4 is 21.6 Å². The van der Waals surface area contributed by atoms with Crippen LogP contribution < -0.4 is 9.46 Å². The lowest BCUT2D eigenvalue weighted by Crippen LogP contribution is -2.26. The molecule has 0 aliphatic carbocycles. The number of rotatable bonds is 7. The molecule has 0 aromatic heterocycles. The molecule has 3 rings (SSSR count). The molecule has 7 heteroatoms. The monoisotopic (exact) mass is 424 g/mol. The molecule has 0 bridgehead atoms. The standard InChI is InChI=1S/C23H24N2O4S/c1-17-9-4-5-10-19(17)16-25(2)23(26)18-11-8-12-20(15-18)30(27,28)24-21-13-6-7-14-22(21)29-3/h4-15,24H,16H2,1-3H3. The molecular formula is C23H24N2O4S. The molecule has 0 fully saturated rings. The first-order chi connectivity index (χ1) is 14.3. The van der Waals surface area contributed by atoms with Crippen LogP contribution in [0.2, 0.25) is 0 Å². The van der Waals surface area contributed by atoms with E-state index in [1.165, 1.54) is 19.2 Å². The van der Waals surface area contributed by atoms with Gasteiger partial charge in [0.1, 0.15) is 5.75 Å². The number of benzene rings is 3. The first kappa shape index (κ1) is 21.4. The van der Waals surface area contributed by atoms with E-state index in [2.05, 4.69) is 4.72 Å². The molecule has 6 nitrogen and oxygen atoms in total. The van der Waals surface area contributed by atoms with Crippen LogP contribution in [0.15, 0.2) is 77.7 Å². The van der Waals surface area contributed by atoms with Crippen molar-refractivity contribution in [2.45, 2.75) is 18.4 Å². The SMILES string of the molecule is COc1ccccc1NS(=O)(=O)c1cccc(C(=O)N(C)Cc2ccccc2C)c1. The highest BCUT2D eigenvalue weighted by molar-refractivity contribution is 7.92. The smallest absolute Gasteiger partial charge is 0.262 e. The predicted octanol–water partition coefficient (Wildman–Crippen LogP) is 4.08. The summed E-state index contributed by atoms with van der Waals surface area (Å²) >= 11 is 0. The minimum absolute atomic E-state index is 0.00328. The van der Waals surface area contributed by atoms with Gasteiger partial charge in [-0.25, -0.2) is 8.42 Å². The third kappa shape index (κ3) is 4.80. The number of nitrogens with one attached hydrogen (secondary N) is 1. The van der Waals surface area contributed by atoms with Gasteiger partial charge in [-0.2, -0.15) is 0 Å². The number of amides is 1. The summed E-state index contributed by atoms with van der Waals surface area (Å²) < 4.78 is 33.4. The van der Waals surface area contributed by atoms with E-state index in [1.807, 2.05) is 31.2 Å². The van der Waals surface area contributed by atoms with E-state index < -0.39 is 10.0 Å². The molecule has 0 unspecified atom stereocenters. The van der Waals surface area contributed by atoms with Crippen molar-refractivity contribution in [3.63, 3.8) is 0 Å². The highest BCUT2D eigenvalue weighted by Gasteiger charge is 2.20. The highest BCUT2D eigenvalue weighted by Crippen LogP contribution is 2.26. The number of hydrogen-bond acceptors (Lipinski definition) is 4. The van der Waals surface area contributed by atoms with Crippen LogP contribution >= 0.6 is 0 Å². The number of para-hydroxylation sites is 2. The molecule has 1 amide bonds. The van der Waals surface area contributed by atoms with Crippen molar-refractivity contribution in [2.24, 2.45) is 0 Å². The Hall–Kier alpha value is -3.32. The topological polar surface area (TPSA) is 75.7 Å². The molecule has 0 saturated carbocycles. The van der Waals surface area contributed by atoms with E-state index in [9.17, 15) is 13.2 Å². The zero-order valence-corrected chi connectivity index (χ0v) is 17.9. The van der Waals surface area contributed by atoms with Gasteiger partial charge in [0, 0.05) is 19.2 Å². The predicted molar refractivity (Wildman–Crippen MR) is 117 cm³/mol. The van der Waals surface area contributed by atoms with Gasteiger partial charge in [0.25, 0.3) is 15.9 Å². The first-order valence-electron chi connectivity index (χ1n) is 9.37. The number of aryl methyl sites for hydroxylation is 1. The van der Waals surface area contributed by atoms with Gasteiger partial charge in [-0.15, -0.1) is 0 Å². The van der Waals surface area contributed by atoms with Gasteiger partial charge >= 0.3 is 0 Å². The molecule has 156 valence electrons. The summed E-state index contributed by atoms with van der Waals surface area (Å²) in [4.78, 5) is 14.5. The molecule has 30 heavy (non-hydrogen) atoms. The molecular weight excluding hydrogens is 400 g/mol. The number of hydrogen-bond donors (Lipinski definition) is 1. The van der Waals surface area contributed by atoms with Crippen molar-refractivity contribution in [1.29, 1.82) is 0 Å². The van der Waals surface area contributed by atoms with Crippen molar-refractivity contribution < 1.29 is 17.9 Å². The molecule has 0 atom stereocenters. The Bertz CT molecular complexity index is 1160. The molecule has 0 heterocycles. The Labute approximate surface area is 177 Å². The van der Waals surface area contributed by atoms with Gasteiger partial charge in [-0.1, -0.05) is 42.5 Å². The molecule has 1 N–H and O–H groups in total. The lowest BCUT2D eigenvalue weighted by molar-refractivity contribution is 0.0784. The van der Waals surface area contributed by atoms with E-state index in [-0.39, 0.29) is 10.8 Å². The Morgan fingerprint density at radius 1 is 1.00 bits per heavy atom. The largest absolute Gasteiger partial charge is 0.495 e. The Kier molecular flexibility index (Phi) is 6.42. The van der Waals surface area contributed by atoms with Crippen molar-refractivity contribution in [2.75, 3.05) is 18.9 Å². The maximum absolute atomic E-state index is 12.9. The number of methoxy groups -OCH3 is 1. The second-order valence-corrected chi connectivity index (χ2v) is 8.60. The fourth-order valence-corrected chi connectivity index (χ4v) is 4.18. The van der Waals surface area contributed by atoms with Crippen LogP contribution in [0.5, 0.6) is 5.75 Å². The van der Waals surface area contributed by atoms with Crippen molar-refractivity contribution in [3.8, 4) is 5.75 Å². The molecule has 0 aliphatic rings. The third-order valence-electron chi connectivity index (χ3n) is 4.76. The van der Waals surface area contributed by atoms with E-state index in [4.69, 9.17) is 4.74 Å². The van der Waals surface area contributed by atoms with E-state index >= 15 is 0 Å². The highest BCUT2D eigenvalue weighted by atomic mass is 32.2. The van der Waals surface area contributed by atoms with Crippen LogP contribution in [0.4, 0.5) is 5.69 Å². The molecule has 3 aromatic rings. The molecule has 3 aromatic carbocycles. The van der Waals surface area contributed by atoms with E-state index in [1.54, 1.807) is 48.3 Å². The number of ether oxygens (including phenoxy) is 1. The minimum atomic E-state index is -3.89. The van der Waals surface area contributed by atoms with Crippen LogP contribution in [0, 0.1) is 6.92 Å². The summed E-state index contributed by atoms with van der Waals surface area (Å²) in [5.74, 6) is 0.152. The average Bonchev–Trinajstić information content (AvgIpc) is 2.75. The van der Waals surface area contributed by atoms with Gasteiger partial charge in [-0.05, 0) is 48.4 Å². The number of nitrogens with zero attached hydrogens (tertiary/aromatic N) is 1. The summed E-state index contributed by atoms with van der Waals surface area (Å²) in [5, 5.41) is 0. The Morgan fingerprint density at radius 2 is 1.70 bits per heavy atom. The maximum atomic E-state index is 12.9. The molecule has 0 aliphatic heterocycles. The number of carbonyl (C=O) groups is 1. The van der Waals surface area contributed by atoms with Crippen LogP contribution in [-0.2, 0) is 16.6 Å². The normalized spacial score (nSPS) is 11.0. The zero-order chi connectivity index (χ0) is 21.7. The summed E-state index contributed by atoms with van der Waals surface area (Å²) in [6.45, 7) is 2.42. The van der Waals surface area contributed by atoms with Crippen LogP contribution in [0.3, 0.4) is 0 Å². The lowest BCUT2D eigenvalue weighted by Gasteiger charge is -2.19. The summed E-state index contributed by atoms with van der Waals surface area (Å²) in [6.07, 6.45) is 0. The second kappa shape index (κ2) is 9.00. The fraction of sp³-hybridized carbons (Fsp3) is 0.174. The first-order valence-corrected chi connectivity index (χ1v) is 10.9. The van der Waals surface area contributed by atoms with Gasteiger partial charge < -0.3 is 9.64 Å². The Morgan fingerprint density at radius 3 is 2.43 bits per heavy atom. The molecule has 0 radical (unpaired) electrons. The van der Waals surface area contributed by atoms with Gasteiger partial charge in [-0.3, -0.25) is 9.52 Å².